The standard InChI is InChI=1S/C34H49N3O11S2/c1-34(2,15-7-8-16-35-49(3,41)42)23-36(50(43,44)30-13-9-12-29-31(30)46-19-18-45-29)21-28(38)26(20-24-10-5-4-6-11-24)37(33(39)40)27-22-48-32-25(27)14-17-47-32/h4-6,9-13,25-28,32,35,38H,7-8,14-23H2,1-3H3,(H,39,40)/p-1/t25-,26-,27-,28+,32+/m0/s1. The maximum absolute atomic E-state index is 14.6. The van der Waals surface area contributed by atoms with Gasteiger partial charge in [-0.15, -0.1) is 0 Å². The Kier molecular flexibility index (Phi) is 12.3. The van der Waals surface area contributed by atoms with E-state index in [1.807, 2.05) is 44.2 Å². The van der Waals surface area contributed by atoms with Crippen LogP contribution < -0.4 is 19.3 Å². The SMILES string of the molecule is CC(C)(CCCCNS(C)(=O)=O)CN(C[C@@H](O)[C@H](Cc1ccccc1)N(C(=O)[O-])[C@H]1CO[C@H]2OCC[C@H]21)S(=O)(=O)c1cccc2c1OCCO2. The Balaban J connectivity index is 1.47. The van der Waals surface area contributed by atoms with Gasteiger partial charge >= 0.3 is 0 Å². The van der Waals surface area contributed by atoms with Gasteiger partial charge in [-0.2, -0.15) is 4.31 Å². The highest BCUT2D eigenvalue weighted by Gasteiger charge is 2.48. The molecule has 0 saturated carbocycles. The first-order valence-corrected chi connectivity index (χ1v) is 20.3. The summed E-state index contributed by atoms with van der Waals surface area (Å²) >= 11 is 0. The third kappa shape index (κ3) is 9.46. The van der Waals surface area contributed by atoms with Crippen LogP contribution in [0.15, 0.2) is 53.4 Å². The lowest BCUT2D eigenvalue weighted by atomic mass is 9.87. The molecule has 5 rings (SSSR count). The van der Waals surface area contributed by atoms with E-state index in [2.05, 4.69) is 4.72 Å². The van der Waals surface area contributed by atoms with Gasteiger partial charge in [0.25, 0.3) is 0 Å². The number of aliphatic hydroxyl groups is 1. The van der Waals surface area contributed by atoms with Crippen molar-refractivity contribution in [1.29, 1.82) is 0 Å². The molecule has 0 aromatic heterocycles. The number of hydrogen-bond acceptors (Lipinski definition) is 11. The number of fused-ring (bicyclic) bond motifs is 2. The van der Waals surface area contributed by atoms with Crippen molar-refractivity contribution >= 4 is 26.1 Å². The van der Waals surface area contributed by atoms with Gasteiger partial charge in [0.15, 0.2) is 17.8 Å². The number of amides is 1. The second kappa shape index (κ2) is 16.1. The Hall–Kier alpha value is -2.99. The lowest BCUT2D eigenvalue weighted by Crippen LogP contribution is -2.61. The van der Waals surface area contributed by atoms with Gasteiger partial charge in [-0.1, -0.05) is 56.7 Å². The van der Waals surface area contributed by atoms with Gasteiger partial charge in [0.2, 0.25) is 20.0 Å². The molecule has 2 aromatic rings. The van der Waals surface area contributed by atoms with Crippen LogP contribution in [-0.2, 0) is 35.9 Å². The Morgan fingerprint density at radius 1 is 1.02 bits per heavy atom. The summed E-state index contributed by atoms with van der Waals surface area (Å²) in [6, 6.07) is 12.0. The van der Waals surface area contributed by atoms with E-state index >= 15 is 0 Å². The zero-order chi connectivity index (χ0) is 36.1. The summed E-state index contributed by atoms with van der Waals surface area (Å²) in [7, 11) is -7.70. The molecule has 14 nitrogen and oxygen atoms in total. The molecule has 2 fully saturated rings. The molecule has 0 bridgehead atoms. The van der Waals surface area contributed by atoms with Gasteiger partial charge in [0, 0.05) is 25.6 Å². The number of carbonyl (C=O) groups excluding carboxylic acids is 1. The van der Waals surface area contributed by atoms with E-state index < -0.39 is 62.6 Å². The highest BCUT2D eigenvalue weighted by atomic mass is 32.2. The Bertz CT molecular complexity index is 1670. The van der Waals surface area contributed by atoms with Gasteiger partial charge in [0.05, 0.1) is 37.7 Å². The van der Waals surface area contributed by atoms with Gasteiger partial charge in [-0.3, -0.25) is 0 Å². The minimum atomic E-state index is -4.36. The largest absolute Gasteiger partial charge is 0.530 e. The molecule has 50 heavy (non-hydrogen) atoms. The van der Waals surface area contributed by atoms with Crippen LogP contribution in [0.3, 0.4) is 0 Å². The number of carbonyl (C=O) groups is 1. The Morgan fingerprint density at radius 3 is 2.48 bits per heavy atom. The second-order valence-electron chi connectivity index (χ2n) is 14.0. The third-order valence-corrected chi connectivity index (χ3v) is 12.0. The number of aliphatic hydroxyl groups excluding tert-OH is 1. The normalized spacial score (nSPS) is 21.9. The van der Waals surface area contributed by atoms with Crippen LogP contribution in [0.1, 0.15) is 45.1 Å². The quantitative estimate of drug-likeness (QED) is 0.225. The van der Waals surface area contributed by atoms with Crippen LogP contribution in [-0.4, -0.2) is 114 Å². The molecule has 0 radical (unpaired) electrons. The first-order valence-electron chi connectivity index (χ1n) is 16.9. The van der Waals surface area contributed by atoms with E-state index in [0.717, 1.165) is 16.7 Å². The minimum Gasteiger partial charge on any atom is -0.530 e. The third-order valence-electron chi connectivity index (χ3n) is 9.45. The van der Waals surface area contributed by atoms with Crippen LogP contribution in [0.5, 0.6) is 11.5 Å². The summed E-state index contributed by atoms with van der Waals surface area (Å²) in [5.41, 5.74) is 0.113. The summed E-state index contributed by atoms with van der Waals surface area (Å²) in [6.07, 6.45) is -0.114. The van der Waals surface area contributed by atoms with Gasteiger partial charge in [-0.25, -0.2) is 21.6 Å². The molecule has 3 heterocycles. The maximum Gasteiger partial charge on any atom is 0.247 e. The van der Waals surface area contributed by atoms with Crippen LogP contribution in [0.25, 0.3) is 0 Å². The fourth-order valence-corrected chi connectivity index (χ4v) is 9.34. The molecular formula is C34H48N3O11S2-. The van der Waals surface area contributed by atoms with Gasteiger partial charge in [0.1, 0.15) is 24.2 Å². The van der Waals surface area contributed by atoms with E-state index in [9.17, 15) is 31.8 Å². The monoisotopic (exact) mass is 738 g/mol. The summed E-state index contributed by atoms with van der Waals surface area (Å²) in [5.74, 6) is 0.105. The molecule has 2 saturated heterocycles. The number of hydrogen-bond donors (Lipinski definition) is 2. The number of unbranched alkanes of at least 4 members (excludes halogenated alkanes) is 1. The van der Waals surface area contributed by atoms with E-state index in [-0.39, 0.29) is 61.6 Å². The lowest BCUT2D eigenvalue weighted by Gasteiger charge is -2.43. The van der Waals surface area contributed by atoms with Crippen molar-refractivity contribution in [3.63, 3.8) is 0 Å². The Morgan fingerprint density at radius 2 is 1.76 bits per heavy atom. The summed E-state index contributed by atoms with van der Waals surface area (Å²) < 4.78 is 78.8. The molecule has 2 N–H and O–H groups in total. The average molecular weight is 739 g/mol. The molecule has 0 aliphatic carbocycles. The van der Waals surface area contributed by atoms with Crippen LogP contribution in [0.4, 0.5) is 4.79 Å². The predicted octanol–water partition coefficient (Wildman–Crippen LogP) is 1.57. The van der Waals surface area contributed by atoms with Crippen molar-refractivity contribution in [2.45, 2.75) is 75.3 Å². The molecular weight excluding hydrogens is 691 g/mol. The van der Waals surface area contributed by atoms with E-state index in [0.29, 0.717) is 32.3 Å². The zero-order valence-electron chi connectivity index (χ0n) is 28.7. The number of rotatable bonds is 17. The smallest absolute Gasteiger partial charge is 0.247 e. The summed E-state index contributed by atoms with van der Waals surface area (Å²) in [4.78, 5) is 13.9. The average Bonchev–Trinajstić information content (AvgIpc) is 3.68. The molecule has 16 heteroatoms. The van der Waals surface area contributed by atoms with Crippen molar-refractivity contribution in [2.75, 3.05) is 52.3 Å². The van der Waals surface area contributed by atoms with E-state index in [1.54, 1.807) is 12.1 Å². The van der Waals surface area contributed by atoms with Crippen LogP contribution in [0, 0.1) is 11.3 Å². The first-order chi connectivity index (χ1) is 23.7. The van der Waals surface area contributed by atoms with Gasteiger partial charge < -0.3 is 38.9 Å². The maximum atomic E-state index is 14.6. The predicted molar refractivity (Wildman–Crippen MR) is 181 cm³/mol. The number of para-hydroxylation sites is 1. The van der Waals surface area contributed by atoms with Crippen molar-refractivity contribution in [2.24, 2.45) is 11.3 Å². The second-order valence-corrected chi connectivity index (χ2v) is 17.7. The number of carboxylic acid groups (broad SMARTS) is 1. The molecule has 3 aliphatic rings. The van der Waals surface area contributed by atoms with E-state index in [4.69, 9.17) is 18.9 Å². The fraction of sp³-hybridized carbons (Fsp3) is 0.618. The molecule has 1 amide bonds. The molecule has 0 unspecified atom stereocenters. The topological polar surface area (TPSA) is 184 Å². The van der Waals surface area contributed by atoms with E-state index in [1.165, 1.54) is 10.4 Å². The van der Waals surface area contributed by atoms with Crippen molar-refractivity contribution in [3.8, 4) is 11.5 Å². The first kappa shape index (κ1) is 38.2. The summed E-state index contributed by atoms with van der Waals surface area (Å²) in [6.45, 7) is 4.46. The minimum absolute atomic E-state index is 0.0368. The number of nitrogens with one attached hydrogen (secondary N) is 1. The molecule has 5 atom stereocenters. The lowest BCUT2D eigenvalue weighted by molar-refractivity contribution is -0.273. The molecule has 0 spiro atoms. The highest BCUT2D eigenvalue weighted by Crippen LogP contribution is 2.40. The van der Waals surface area contributed by atoms with Gasteiger partial charge in [-0.05, 0) is 48.8 Å². The molecule has 2 aromatic carbocycles. The number of sulfonamides is 2. The number of ether oxygens (including phenoxy) is 4. The van der Waals surface area contributed by atoms with Crippen molar-refractivity contribution < 1.29 is 50.8 Å². The number of nitrogens with zero attached hydrogens (tertiary/aromatic N) is 2. The van der Waals surface area contributed by atoms with Crippen LogP contribution in [0.2, 0.25) is 0 Å². The zero-order valence-corrected chi connectivity index (χ0v) is 30.4. The molecule has 278 valence electrons. The van der Waals surface area contributed by atoms with Crippen LogP contribution >= 0.6 is 0 Å². The van der Waals surface area contributed by atoms with Crippen molar-refractivity contribution in [1.82, 2.24) is 13.9 Å². The van der Waals surface area contributed by atoms with Crippen molar-refractivity contribution in [3.05, 3.63) is 54.1 Å². The summed E-state index contributed by atoms with van der Waals surface area (Å²) in [5, 5.41) is 25.0. The number of benzene rings is 2. The Labute approximate surface area is 294 Å². The highest BCUT2D eigenvalue weighted by molar-refractivity contribution is 7.89. The fourth-order valence-electron chi connectivity index (χ4n) is 7.03. The molecule has 3 aliphatic heterocycles.